The number of nitrogens with zero attached hydrogens (tertiary/aromatic N) is 3. The van der Waals surface area contributed by atoms with E-state index < -0.39 is 0 Å². The van der Waals surface area contributed by atoms with Gasteiger partial charge in [0.2, 0.25) is 9.76 Å². The smallest absolute Gasteiger partial charge is 0.344 e. The molecule has 7 heteroatoms. The van der Waals surface area contributed by atoms with Crippen molar-refractivity contribution in [1.29, 1.82) is 0 Å². The second kappa shape index (κ2) is 6.27. The third kappa shape index (κ3) is 2.93. The molecule has 0 atom stereocenters. The highest BCUT2D eigenvalue weighted by Gasteiger charge is 2.10. The summed E-state index contributed by atoms with van der Waals surface area (Å²) in [7, 11) is 2.17. The Morgan fingerprint density at radius 1 is 1.50 bits per heavy atom. The Morgan fingerprint density at radius 2 is 2.33 bits per heavy atom. The first kappa shape index (κ1) is 12.7. The minimum absolute atomic E-state index is 0.246. The minimum atomic E-state index is -0.246. The van der Waals surface area contributed by atoms with E-state index in [0.717, 1.165) is 12.5 Å². The van der Waals surface area contributed by atoms with E-state index >= 15 is 0 Å². The summed E-state index contributed by atoms with van der Waals surface area (Å²) in [6.07, 6.45) is 0.894. The SMILES string of the molecule is CO[Si]CCCNC(=O)n1nnc2ccccc21. The number of nitrogens with one attached hydrogen (secondary N) is 1. The molecule has 18 heavy (non-hydrogen) atoms. The van der Waals surface area contributed by atoms with E-state index in [1.165, 1.54) is 4.68 Å². The van der Waals surface area contributed by atoms with Crippen molar-refractivity contribution in [2.75, 3.05) is 13.7 Å². The molecule has 1 heterocycles. The van der Waals surface area contributed by atoms with Crippen molar-refractivity contribution in [2.45, 2.75) is 12.5 Å². The van der Waals surface area contributed by atoms with Gasteiger partial charge in [0.15, 0.2) is 0 Å². The average Bonchev–Trinajstić information content (AvgIpc) is 2.82. The maximum Gasteiger partial charge on any atom is 0.344 e. The number of rotatable bonds is 5. The van der Waals surface area contributed by atoms with Gasteiger partial charge in [-0.15, -0.1) is 5.10 Å². The predicted molar refractivity (Wildman–Crippen MR) is 68.5 cm³/mol. The molecule has 2 radical (unpaired) electrons. The highest BCUT2D eigenvalue weighted by Crippen LogP contribution is 2.08. The zero-order chi connectivity index (χ0) is 12.8. The second-order valence-corrected chi connectivity index (χ2v) is 4.87. The molecule has 0 aliphatic heterocycles. The maximum atomic E-state index is 11.9. The Bertz CT molecular complexity index is 528. The van der Waals surface area contributed by atoms with Crippen molar-refractivity contribution in [1.82, 2.24) is 20.3 Å². The van der Waals surface area contributed by atoms with Crippen LogP contribution in [0.5, 0.6) is 0 Å². The third-order valence-electron chi connectivity index (χ3n) is 2.42. The molecule has 2 rings (SSSR count). The highest BCUT2D eigenvalue weighted by molar-refractivity contribution is 6.26. The standard InChI is InChI=1S/C11H14N4O2Si/c1-17-18-8-4-7-12-11(16)15-10-6-3-2-5-9(10)13-14-15/h2-3,5-6H,4,7-8H2,1H3,(H,12,16). The van der Waals surface area contributed by atoms with Crippen LogP contribution in [0.25, 0.3) is 11.0 Å². The lowest BCUT2D eigenvalue weighted by molar-refractivity contribution is 0.240. The zero-order valence-electron chi connectivity index (χ0n) is 10.1. The van der Waals surface area contributed by atoms with Crippen molar-refractivity contribution < 1.29 is 9.22 Å². The van der Waals surface area contributed by atoms with Gasteiger partial charge >= 0.3 is 6.03 Å². The van der Waals surface area contributed by atoms with Crippen LogP contribution in [-0.4, -0.2) is 44.4 Å². The Hall–Kier alpha value is -1.73. The lowest BCUT2D eigenvalue weighted by Crippen LogP contribution is -2.30. The van der Waals surface area contributed by atoms with Crippen molar-refractivity contribution in [2.24, 2.45) is 0 Å². The summed E-state index contributed by atoms with van der Waals surface area (Å²) in [6, 6.07) is 8.08. The summed E-state index contributed by atoms with van der Waals surface area (Å²) in [4.78, 5) is 11.9. The van der Waals surface area contributed by atoms with Crippen molar-refractivity contribution >= 4 is 26.8 Å². The molecule has 0 saturated carbocycles. The van der Waals surface area contributed by atoms with Crippen molar-refractivity contribution in [3.05, 3.63) is 24.3 Å². The molecule has 1 aromatic carbocycles. The van der Waals surface area contributed by atoms with Gasteiger partial charge in [-0.1, -0.05) is 17.3 Å². The van der Waals surface area contributed by atoms with Crippen molar-refractivity contribution in [3.63, 3.8) is 0 Å². The summed E-state index contributed by atoms with van der Waals surface area (Å²) in [5.41, 5.74) is 1.43. The lowest BCUT2D eigenvalue weighted by Gasteiger charge is -2.04. The van der Waals surface area contributed by atoms with Gasteiger partial charge in [-0.2, -0.15) is 4.68 Å². The number of hydrogen-bond acceptors (Lipinski definition) is 4. The number of aromatic nitrogens is 3. The fourth-order valence-electron chi connectivity index (χ4n) is 1.55. The summed E-state index contributed by atoms with van der Waals surface area (Å²) in [5.74, 6) is 0. The van der Waals surface area contributed by atoms with Crippen LogP contribution < -0.4 is 5.32 Å². The molecule has 1 amide bonds. The summed E-state index contributed by atoms with van der Waals surface area (Å²) >= 11 is 0. The van der Waals surface area contributed by atoms with Crippen LogP contribution in [0.4, 0.5) is 4.79 Å². The Balaban J connectivity index is 1.93. The van der Waals surface area contributed by atoms with E-state index in [1.54, 1.807) is 7.11 Å². The molecule has 0 bridgehead atoms. The van der Waals surface area contributed by atoms with Crippen LogP contribution in [0.3, 0.4) is 0 Å². The topological polar surface area (TPSA) is 69.0 Å². The molecule has 0 aliphatic carbocycles. The van der Waals surface area contributed by atoms with Crippen LogP contribution in [0, 0.1) is 0 Å². The number of hydrogen-bond donors (Lipinski definition) is 1. The molecule has 6 nitrogen and oxygen atoms in total. The monoisotopic (exact) mass is 262 g/mol. The van der Waals surface area contributed by atoms with Gasteiger partial charge in [-0.3, -0.25) is 0 Å². The minimum Gasteiger partial charge on any atom is -0.421 e. The average molecular weight is 262 g/mol. The fraction of sp³-hybridized carbons (Fsp3) is 0.364. The van der Waals surface area contributed by atoms with E-state index in [4.69, 9.17) is 4.43 Å². The normalized spacial score (nSPS) is 10.7. The number of benzene rings is 1. The number of amides is 1. The second-order valence-electron chi connectivity index (χ2n) is 3.67. The number of para-hydroxylation sites is 1. The van der Waals surface area contributed by atoms with Gasteiger partial charge in [0.25, 0.3) is 0 Å². The maximum absolute atomic E-state index is 11.9. The van der Waals surface area contributed by atoms with Gasteiger partial charge in [0.05, 0.1) is 5.52 Å². The van der Waals surface area contributed by atoms with Crippen LogP contribution >= 0.6 is 0 Å². The van der Waals surface area contributed by atoms with Crippen LogP contribution in [0.1, 0.15) is 6.42 Å². The van der Waals surface area contributed by atoms with E-state index in [2.05, 4.69) is 15.6 Å². The van der Waals surface area contributed by atoms with Crippen LogP contribution in [0.15, 0.2) is 24.3 Å². The van der Waals surface area contributed by atoms with Crippen molar-refractivity contribution in [3.8, 4) is 0 Å². The molecule has 0 spiro atoms. The molecule has 94 valence electrons. The van der Waals surface area contributed by atoms with Gasteiger partial charge in [-0.25, -0.2) is 4.79 Å². The first-order valence-electron chi connectivity index (χ1n) is 5.67. The fourth-order valence-corrected chi connectivity index (χ4v) is 2.08. The van der Waals surface area contributed by atoms with Gasteiger partial charge in [0, 0.05) is 13.7 Å². The van der Waals surface area contributed by atoms with Gasteiger partial charge < -0.3 is 9.74 Å². The summed E-state index contributed by atoms with van der Waals surface area (Å²) in [5, 5.41) is 10.6. The predicted octanol–water partition coefficient (Wildman–Crippen LogP) is 1.06. The Kier molecular flexibility index (Phi) is 4.43. The summed E-state index contributed by atoms with van der Waals surface area (Å²) < 4.78 is 6.25. The number of carbonyl (C=O) groups excluding carboxylic acids is 1. The molecule has 1 N–H and O–H groups in total. The molecular weight excluding hydrogens is 248 g/mol. The molecule has 0 unspecified atom stereocenters. The highest BCUT2D eigenvalue weighted by atomic mass is 28.2. The zero-order valence-corrected chi connectivity index (χ0v) is 11.1. The molecule has 1 aromatic heterocycles. The number of carbonyl (C=O) groups is 1. The molecule has 0 fully saturated rings. The third-order valence-corrected chi connectivity index (χ3v) is 3.27. The first-order chi connectivity index (χ1) is 8.83. The molecule has 2 aromatic rings. The molecular formula is C11H14N4O2Si. The van der Waals surface area contributed by atoms with Crippen LogP contribution in [0.2, 0.25) is 6.04 Å². The quantitative estimate of drug-likeness (QED) is 0.646. The van der Waals surface area contributed by atoms with Crippen LogP contribution in [-0.2, 0) is 4.43 Å². The number of fused-ring (bicyclic) bond motifs is 1. The van der Waals surface area contributed by atoms with E-state index in [1.807, 2.05) is 24.3 Å². The van der Waals surface area contributed by atoms with E-state index in [-0.39, 0.29) is 6.03 Å². The molecule has 0 aliphatic rings. The molecule has 0 saturated heterocycles. The largest absolute Gasteiger partial charge is 0.421 e. The van der Waals surface area contributed by atoms with E-state index in [0.29, 0.717) is 27.3 Å². The lowest BCUT2D eigenvalue weighted by atomic mass is 10.3. The van der Waals surface area contributed by atoms with E-state index in [9.17, 15) is 4.79 Å². The Morgan fingerprint density at radius 3 is 3.17 bits per heavy atom. The Labute approximate surface area is 107 Å². The van der Waals surface area contributed by atoms with Gasteiger partial charge in [-0.05, 0) is 24.6 Å². The first-order valence-corrected chi connectivity index (χ1v) is 6.79. The summed E-state index contributed by atoms with van der Waals surface area (Å²) in [6.45, 7) is 0.614. The van der Waals surface area contributed by atoms with Gasteiger partial charge in [0.1, 0.15) is 5.52 Å².